The maximum atomic E-state index is 11.3. The number of aromatic nitrogens is 1. The van der Waals surface area contributed by atoms with Gasteiger partial charge in [0.05, 0.1) is 12.0 Å². The van der Waals surface area contributed by atoms with Crippen molar-refractivity contribution >= 4 is 11.3 Å². The first-order chi connectivity index (χ1) is 10.3. The SMILES string of the molecule is COc1ccc(Cc2sc(=O)[nH]c2O)cc1CNC(C)(C)C. The molecule has 2 rings (SSSR count). The summed E-state index contributed by atoms with van der Waals surface area (Å²) in [6, 6.07) is 5.91. The lowest BCUT2D eigenvalue weighted by molar-refractivity contribution is 0.391. The number of rotatable bonds is 5. The smallest absolute Gasteiger partial charge is 0.307 e. The van der Waals surface area contributed by atoms with Gasteiger partial charge in [-0.2, -0.15) is 0 Å². The van der Waals surface area contributed by atoms with Crippen molar-refractivity contribution in [3.63, 3.8) is 0 Å². The predicted molar refractivity (Wildman–Crippen MR) is 89.0 cm³/mol. The Morgan fingerprint density at radius 1 is 1.36 bits per heavy atom. The summed E-state index contributed by atoms with van der Waals surface area (Å²) in [5.74, 6) is 0.784. The Hall–Kier alpha value is -1.79. The second-order valence-corrected chi connectivity index (χ2v) is 7.28. The van der Waals surface area contributed by atoms with E-state index in [2.05, 4.69) is 31.1 Å². The Morgan fingerprint density at radius 3 is 2.64 bits per heavy atom. The van der Waals surface area contributed by atoms with E-state index in [1.807, 2.05) is 18.2 Å². The average Bonchev–Trinajstić information content (AvgIpc) is 2.74. The fraction of sp³-hybridized carbons (Fsp3) is 0.438. The number of H-pyrrole nitrogens is 1. The summed E-state index contributed by atoms with van der Waals surface area (Å²) in [7, 11) is 1.65. The zero-order valence-electron chi connectivity index (χ0n) is 13.3. The van der Waals surface area contributed by atoms with Crippen molar-refractivity contribution in [3.8, 4) is 11.6 Å². The molecule has 0 amide bonds. The monoisotopic (exact) mass is 322 g/mol. The molecule has 2 aromatic rings. The van der Waals surface area contributed by atoms with Crippen LogP contribution in [0, 0.1) is 0 Å². The molecule has 0 radical (unpaired) electrons. The lowest BCUT2D eigenvalue weighted by Crippen LogP contribution is -2.35. The molecule has 0 atom stereocenters. The van der Waals surface area contributed by atoms with Gasteiger partial charge in [-0.15, -0.1) is 0 Å². The highest BCUT2D eigenvalue weighted by Crippen LogP contribution is 2.25. The Kier molecular flexibility index (Phi) is 4.93. The van der Waals surface area contributed by atoms with E-state index in [4.69, 9.17) is 4.74 Å². The van der Waals surface area contributed by atoms with E-state index in [1.165, 1.54) is 0 Å². The largest absolute Gasteiger partial charge is 0.496 e. The van der Waals surface area contributed by atoms with Gasteiger partial charge in [0.25, 0.3) is 0 Å². The van der Waals surface area contributed by atoms with Crippen LogP contribution in [0.5, 0.6) is 11.6 Å². The van der Waals surface area contributed by atoms with Crippen molar-refractivity contribution in [2.45, 2.75) is 39.3 Å². The van der Waals surface area contributed by atoms with E-state index in [0.717, 1.165) is 28.2 Å². The Balaban J connectivity index is 2.22. The van der Waals surface area contributed by atoms with Crippen LogP contribution in [-0.4, -0.2) is 22.7 Å². The summed E-state index contributed by atoms with van der Waals surface area (Å²) >= 11 is 1.03. The molecule has 1 heterocycles. The van der Waals surface area contributed by atoms with Gasteiger partial charge in [0.15, 0.2) is 0 Å². The predicted octanol–water partition coefficient (Wildman–Crippen LogP) is 2.63. The lowest BCUT2D eigenvalue weighted by atomic mass is 10.0. The highest BCUT2D eigenvalue weighted by molar-refractivity contribution is 7.09. The highest BCUT2D eigenvalue weighted by Gasteiger charge is 2.13. The van der Waals surface area contributed by atoms with Gasteiger partial charge in [0.2, 0.25) is 5.88 Å². The van der Waals surface area contributed by atoms with Crippen molar-refractivity contribution in [1.29, 1.82) is 0 Å². The molecule has 0 unspecified atom stereocenters. The molecular weight excluding hydrogens is 300 g/mol. The van der Waals surface area contributed by atoms with Gasteiger partial charge in [-0.25, -0.2) is 0 Å². The quantitative estimate of drug-likeness (QED) is 0.791. The van der Waals surface area contributed by atoms with Crippen molar-refractivity contribution in [2.75, 3.05) is 7.11 Å². The minimum Gasteiger partial charge on any atom is -0.496 e. The molecule has 0 saturated carbocycles. The minimum atomic E-state index is -0.240. The fourth-order valence-corrected chi connectivity index (χ4v) is 2.86. The van der Waals surface area contributed by atoms with Crippen LogP contribution in [-0.2, 0) is 13.0 Å². The summed E-state index contributed by atoms with van der Waals surface area (Å²) in [6.45, 7) is 7.02. The molecule has 0 saturated heterocycles. The number of nitrogens with one attached hydrogen (secondary N) is 2. The Bertz CT molecular complexity index is 698. The average molecular weight is 322 g/mol. The zero-order valence-corrected chi connectivity index (χ0v) is 14.1. The number of methoxy groups -OCH3 is 1. The van der Waals surface area contributed by atoms with Crippen molar-refractivity contribution in [3.05, 3.63) is 43.9 Å². The molecule has 0 aliphatic heterocycles. The maximum absolute atomic E-state index is 11.3. The summed E-state index contributed by atoms with van der Waals surface area (Å²) in [4.78, 5) is 14.0. The van der Waals surface area contributed by atoms with E-state index in [0.29, 0.717) is 17.8 Å². The van der Waals surface area contributed by atoms with Gasteiger partial charge in [0.1, 0.15) is 5.75 Å². The molecular formula is C16H22N2O3S. The summed E-state index contributed by atoms with van der Waals surface area (Å²) in [6.07, 6.45) is 0.516. The molecule has 0 bridgehead atoms. The number of aromatic amines is 1. The molecule has 0 fully saturated rings. The van der Waals surface area contributed by atoms with Crippen molar-refractivity contribution in [2.24, 2.45) is 0 Å². The standard InChI is InChI=1S/C16H22N2O3S/c1-16(2,3)17-9-11-7-10(5-6-12(11)21-4)8-13-14(19)18-15(20)22-13/h5-7,17,19H,8-9H2,1-4H3,(H,18,20). The first kappa shape index (κ1) is 16.6. The van der Waals surface area contributed by atoms with Crippen LogP contribution in [0.2, 0.25) is 0 Å². The van der Waals surface area contributed by atoms with Crippen molar-refractivity contribution < 1.29 is 9.84 Å². The topological polar surface area (TPSA) is 74.4 Å². The van der Waals surface area contributed by atoms with Crippen LogP contribution in [0.15, 0.2) is 23.0 Å². The van der Waals surface area contributed by atoms with Crippen LogP contribution in [0.4, 0.5) is 0 Å². The van der Waals surface area contributed by atoms with Crippen LogP contribution in [0.3, 0.4) is 0 Å². The molecule has 3 N–H and O–H groups in total. The highest BCUT2D eigenvalue weighted by atomic mass is 32.1. The zero-order chi connectivity index (χ0) is 16.3. The number of thiazole rings is 1. The molecule has 0 aliphatic carbocycles. The molecule has 0 spiro atoms. The molecule has 1 aromatic carbocycles. The summed E-state index contributed by atoms with van der Waals surface area (Å²) in [5, 5.41) is 13.1. The number of benzene rings is 1. The van der Waals surface area contributed by atoms with Crippen molar-refractivity contribution in [1.82, 2.24) is 10.3 Å². The molecule has 1 aromatic heterocycles. The normalized spacial score (nSPS) is 11.6. The second-order valence-electron chi connectivity index (χ2n) is 6.21. The van der Waals surface area contributed by atoms with Gasteiger partial charge in [-0.05, 0) is 32.4 Å². The first-order valence-electron chi connectivity index (χ1n) is 7.10. The molecule has 5 nitrogen and oxygen atoms in total. The molecule has 6 heteroatoms. The lowest BCUT2D eigenvalue weighted by Gasteiger charge is -2.21. The minimum absolute atomic E-state index is 0.0133. The third-order valence-corrected chi connectivity index (χ3v) is 4.09. The third kappa shape index (κ3) is 4.35. The van der Waals surface area contributed by atoms with Gasteiger partial charge >= 0.3 is 4.87 Å². The van der Waals surface area contributed by atoms with E-state index < -0.39 is 0 Å². The molecule has 120 valence electrons. The van der Waals surface area contributed by atoms with E-state index >= 15 is 0 Å². The first-order valence-corrected chi connectivity index (χ1v) is 7.92. The van der Waals surface area contributed by atoms with Gasteiger partial charge in [0, 0.05) is 24.1 Å². The number of hydrogen-bond acceptors (Lipinski definition) is 5. The maximum Gasteiger partial charge on any atom is 0.307 e. The fourth-order valence-electron chi connectivity index (χ4n) is 2.10. The van der Waals surface area contributed by atoms with E-state index in [-0.39, 0.29) is 16.3 Å². The number of hydrogen-bond donors (Lipinski definition) is 3. The number of ether oxygens (including phenoxy) is 1. The van der Waals surface area contributed by atoms with Crippen LogP contribution in [0.1, 0.15) is 36.8 Å². The number of aromatic hydroxyl groups is 1. The van der Waals surface area contributed by atoms with Gasteiger partial charge in [-0.1, -0.05) is 23.5 Å². The van der Waals surface area contributed by atoms with E-state index in [1.54, 1.807) is 7.11 Å². The Morgan fingerprint density at radius 2 is 2.09 bits per heavy atom. The molecule has 0 aliphatic rings. The second kappa shape index (κ2) is 6.54. The summed E-state index contributed by atoms with van der Waals surface area (Å²) < 4.78 is 5.40. The van der Waals surface area contributed by atoms with Crippen LogP contribution < -0.4 is 14.9 Å². The Labute approximate surface area is 134 Å². The third-order valence-electron chi connectivity index (χ3n) is 3.22. The van der Waals surface area contributed by atoms with Crippen LogP contribution in [0.25, 0.3) is 0 Å². The van der Waals surface area contributed by atoms with Gasteiger partial charge < -0.3 is 15.2 Å². The van der Waals surface area contributed by atoms with Crippen LogP contribution >= 0.6 is 11.3 Å². The summed E-state index contributed by atoms with van der Waals surface area (Å²) in [5.41, 5.74) is 2.09. The van der Waals surface area contributed by atoms with Gasteiger partial charge in [-0.3, -0.25) is 9.78 Å². The van der Waals surface area contributed by atoms with E-state index in [9.17, 15) is 9.90 Å². The molecule has 22 heavy (non-hydrogen) atoms.